The van der Waals surface area contributed by atoms with Crippen LogP contribution >= 0.6 is 0 Å². The molecule has 0 bridgehead atoms. The van der Waals surface area contributed by atoms with Gasteiger partial charge in [-0.15, -0.1) is 0 Å². The lowest BCUT2D eigenvalue weighted by Crippen LogP contribution is -2.43. The van der Waals surface area contributed by atoms with Crippen LogP contribution in [0.5, 0.6) is 0 Å². The molecule has 0 atom stereocenters. The van der Waals surface area contributed by atoms with Crippen molar-refractivity contribution >= 4 is 15.7 Å². The predicted molar refractivity (Wildman–Crippen MR) is 95.3 cm³/mol. The number of nitrogens with zero attached hydrogens (tertiary/aromatic N) is 1. The van der Waals surface area contributed by atoms with Crippen molar-refractivity contribution in [2.24, 2.45) is 0 Å². The Hall–Kier alpha value is -1.85. The molecule has 5 heteroatoms. The van der Waals surface area contributed by atoms with Crippen molar-refractivity contribution < 1.29 is 8.42 Å². The van der Waals surface area contributed by atoms with Crippen LogP contribution in [-0.4, -0.2) is 24.8 Å². The van der Waals surface area contributed by atoms with E-state index in [1.54, 1.807) is 16.4 Å². The lowest BCUT2D eigenvalue weighted by atomic mass is 9.99. The average molecular weight is 342 g/mol. The summed E-state index contributed by atoms with van der Waals surface area (Å²) >= 11 is 0. The molecule has 0 amide bonds. The highest BCUT2D eigenvalue weighted by molar-refractivity contribution is 7.89. The second-order valence-corrected chi connectivity index (χ2v) is 8.93. The molecule has 1 aliphatic heterocycles. The predicted octanol–water partition coefficient (Wildman–Crippen LogP) is 2.90. The van der Waals surface area contributed by atoms with E-state index in [9.17, 15) is 8.42 Å². The van der Waals surface area contributed by atoms with Crippen molar-refractivity contribution in [3.05, 3.63) is 59.2 Å². The second-order valence-electron chi connectivity index (χ2n) is 7.07. The maximum absolute atomic E-state index is 13.2. The van der Waals surface area contributed by atoms with Crippen LogP contribution in [-0.2, 0) is 22.9 Å². The number of fused-ring (bicyclic) bond motifs is 1. The minimum atomic E-state index is -3.47. The minimum absolute atomic E-state index is 0.245. The summed E-state index contributed by atoms with van der Waals surface area (Å²) < 4.78 is 28.2. The molecule has 2 aromatic rings. The molecule has 126 valence electrons. The molecular weight excluding hydrogens is 320 g/mol. The van der Waals surface area contributed by atoms with E-state index in [2.05, 4.69) is 6.07 Å². The summed E-state index contributed by atoms with van der Waals surface area (Å²) in [6.07, 6.45) is 3.37. The number of anilines is 1. The van der Waals surface area contributed by atoms with Gasteiger partial charge >= 0.3 is 0 Å². The number of rotatable bonds is 2. The molecule has 4 nitrogen and oxygen atoms in total. The van der Waals surface area contributed by atoms with Crippen LogP contribution in [0.15, 0.2) is 47.4 Å². The van der Waals surface area contributed by atoms with E-state index in [0.717, 1.165) is 30.5 Å². The zero-order chi connectivity index (χ0) is 16.9. The highest BCUT2D eigenvalue weighted by atomic mass is 32.2. The van der Waals surface area contributed by atoms with E-state index in [1.165, 1.54) is 11.1 Å². The normalized spacial score (nSPS) is 19.7. The van der Waals surface area contributed by atoms with Crippen LogP contribution in [0.25, 0.3) is 0 Å². The second kappa shape index (κ2) is 5.33. The van der Waals surface area contributed by atoms with Gasteiger partial charge in [-0.25, -0.2) is 8.42 Å². The Morgan fingerprint density at radius 2 is 1.75 bits per heavy atom. The van der Waals surface area contributed by atoms with E-state index in [-0.39, 0.29) is 5.54 Å². The third-order valence-corrected chi connectivity index (χ3v) is 7.32. The SMILES string of the molecule is Cc1ccc(S(=O)(=O)N2CCc3cc(N)ccc3CC23CC3)cc1. The van der Waals surface area contributed by atoms with Crippen molar-refractivity contribution in [3.63, 3.8) is 0 Å². The van der Waals surface area contributed by atoms with Crippen LogP contribution in [0.2, 0.25) is 0 Å². The Morgan fingerprint density at radius 3 is 2.42 bits per heavy atom. The number of aryl methyl sites for hydroxylation is 1. The van der Waals surface area contributed by atoms with E-state index in [0.29, 0.717) is 17.9 Å². The van der Waals surface area contributed by atoms with Gasteiger partial charge in [0.15, 0.2) is 0 Å². The first kappa shape index (κ1) is 15.7. The van der Waals surface area contributed by atoms with Gasteiger partial charge in [0, 0.05) is 17.8 Å². The van der Waals surface area contributed by atoms with Crippen LogP contribution < -0.4 is 5.73 Å². The lowest BCUT2D eigenvalue weighted by Gasteiger charge is -2.29. The number of nitrogen functional groups attached to an aromatic ring is 1. The third-order valence-electron chi connectivity index (χ3n) is 5.30. The summed E-state index contributed by atoms with van der Waals surface area (Å²) in [7, 11) is -3.47. The minimum Gasteiger partial charge on any atom is -0.399 e. The zero-order valence-electron chi connectivity index (χ0n) is 13.8. The molecule has 2 N–H and O–H groups in total. The van der Waals surface area contributed by atoms with Gasteiger partial charge < -0.3 is 5.73 Å². The van der Waals surface area contributed by atoms with Crippen molar-refractivity contribution in [1.29, 1.82) is 0 Å². The standard InChI is InChI=1S/C19H22N2O2S/c1-14-2-6-18(7-3-14)24(22,23)21-11-8-15-12-17(20)5-4-16(15)13-19(21)9-10-19/h2-7,12H,8-11,13,20H2,1H3. The Morgan fingerprint density at radius 1 is 1.04 bits per heavy atom. The monoisotopic (exact) mass is 342 g/mol. The molecule has 1 spiro atoms. The van der Waals surface area contributed by atoms with Gasteiger partial charge in [0.2, 0.25) is 10.0 Å². The fourth-order valence-corrected chi connectivity index (χ4v) is 5.56. The number of benzene rings is 2. The lowest BCUT2D eigenvalue weighted by molar-refractivity contribution is 0.308. The van der Waals surface area contributed by atoms with Gasteiger partial charge in [-0.05, 0) is 68.0 Å². The first-order valence-corrected chi connectivity index (χ1v) is 9.82. The van der Waals surface area contributed by atoms with Gasteiger partial charge in [-0.3, -0.25) is 0 Å². The third kappa shape index (κ3) is 2.52. The first-order valence-electron chi connectivity index (χ1n) is 8.38. The quantitative estimate of drug-likeness (QED) is 0.854. The van der Waals surface area contributed by atoms with E-state index >= 15 is 0 Å². The van der Waals surface area contributed by atoms with Crippen molar-refractivity contribution in [1.82, 2.24) is 4.31 Å². The largest absolute Gasteiger partial charge is 0.399 e. The molecule has 0 saturated heterocycles. The van der Waals surface area contributed by atoms with Gasteiger partial charge in [0.25, 0.3) is 0 Å². The van der Waals surface area contributed by atoms with Gasteiger partial charge in [0.1, 0.15) is 0 Å². The smallest absolute Gasteiger partial charge is 0.243 e. The number of sulfonamides is 1. The molecule has 24 heavy (non-hydrogen) atoms. The molecule has 1 heterocycles. The summed E-state index contributed by atoms with van der Waals surface area (Å²) in [6.45, 7) is 2.48. The van der Waals surface area contributed by atoms with Crippen molar-refractivity contribution in [2.75, 3.05) is 12.3 Å². The van der Waals surface area contributed by atoms with Gasteiger partial charge in [-0.2, -0.15) is 4.31 Å². The molecule has 1 aliphatic carbocycles. The summed E-state index contributed by atoms with van der Waals surface area (Å²) in [5, 5.41) is 0. The van der Waals surface area contributed by atoms with Crippen LogP contribution in [0.4, 0.5) is 5.69 Å². The number of hydrogen-bond acceptors (Lipinski definition) is 3. The Balaban J connectivity index is 1.73. The summed E-state index contributed by atoms with van der Waals surface area (Å²) in [6, 6.07) is 13.1. The average Bonchev–Trinajstić information content (AvgIpc) is 3.32. The summed E-state index contributed by atoms with van der Waals surface area (Å²) in [5.74, 6) is 0. The maximum Gasteiger partial charge on any atom is 0.243 e. The van der Waals surface area contributed by atoms with Crippen LogP contribution in [0, 0.1) is 6.92 Å². The van der Waals surface area contributed by atoms with Crippen LogP contribution in [0.1, 0.15) is 29.5 Å². The molecule has 1 fully saturated rings. The highest BCUT2D eigenvalue weighted by Crippen LogP contribution is 2.49. The maximum atomic E-state index is 13.2. The molecular formula is C19H22N2O2S. The van der Waals surface area contributed by atoms with E-state index in [4.69, 9.17) is 5.73 Å². The first-order chi connectivity index (χ1) is 11.4. The Bertz CT molecular complexity index is 884. The summed E-state index contributed by atoms with van der Waals surface area (Å²) in [4.78, 5) is 0.393. The van der Waals surface area contributed by atoms with Crippen molar-refractivity contribution in [3.8, 4) is 0 Å². The fourth-order valence-electron chi connectivity index (χ4n) is 3.74. The van der Waals surface area contributed by atoms with E-state index < -0.39 is 10.0 Å². The van der Waals surface area contributed by atoms with Gasteiger partial charge in [0.05, 0.1) is 4.90 Å². The van der Waals surface area contributed by atoms with E-state index in [1.807, 2.05) is 31.2 Å². The van der Waals surface area contributed by atoms with Gasteiger partial charge in [-0.1, -0.05) is 23.8 Å². The fraction of sp³-hybridized carbons (Fsp3) is 0.368. The van der Waals surface area contributed by atoms with Crippen molar-refractivity contribution in [2.45, 2.75) is 43.0 Å². The summed E-state index contributed by atoms with van der Waals surface area (Å²) in [5.41, 5.74) is 9.90. The molecule has 0 unspecified atom stereocenters. The molecule has 0 aromatic heterocycles. The molecule has 0 radical (unpaired) electrons. The highest BCUT2D eigenvalue weighted by Gasteiger charge is 2.53. The zero-order valence-corrected chi connectivity index (χ0v) is 14.6. The Kier molecular flexibility index (Phi) is 3.48. The molecule has 2 aromatic carbocycles. The molecule has 4 rings (SSSR count). The van der Waals surface area contributed by atoms with Crippen LogP contribution in [0.3, 0.4) is 0 Å². The molecule has 1 saturated carbocycles. The number of nitrogens with two attached hydrogens (primary N) is 1. The number of hydrogen-bond donors (Lipinski definition) is 1. The Labute approximate surface area is 143 Å². The molecule has 2 aliphatic rings. The topological polar surface area (TPSA) is 63.4 Å².